The Morgan fingerprint density at radius 2 is 1.74 bits per heavy atom. The van der Waals surface area contributed by atoms with Gasteiger partial charge in [-0.3, -0.25) is 0 Å². The highest BCUT2D eigenvalue weighted by atomic mass is 35.5. The van der Waals surface area contributed by atoms with Crippen LogP contribution in [-0.4, -0.2) is 52.3 Å². The summed E-state index contributed by atoms with van der Waals surface area (Å²) in [7, 11) is 4.51. The topological polar surface area (TPSA) is 124 Å². The minimum Gasteiger partial charge on any atom is -0.493 e. The molecule has 0 aliphatic carbocycles. The van der Waals surface area contributed by atoms with Crippen molar-refractivity contribution in [1.82, 2.24) is 25.0 Å². The molecular formula is C23H22ClN5O6. The molecule has 0 amide bonds. The maximum Gasteiger partial charge on any atom is 0.359 e. The Morgan fingerprint density at radius 1 is 1.03 bits per heavy atom. The SMILES string of the molecule is COc1cc(-c2nnc(COC(=O)c3nc(-n4nc(C)cc4C)ccc3Cl)o2)cc(OC)c1OC. The number of carbonyl (C=O) groups excluding carboxylic acids is 1. The third-order valence-electron chi connectivity index (χ3n) is 4.96. The third kappa shape index (κ3) is 4.90. The summed E-state index contributed by atoms with van der Waals surface area (Å²) in [5.41, 5.74) is 2.16. The molecule has 0 fully saturated rings. The first-order valence-electron chi connectivity index (χ1n) is 10.3. The number of hydrogen-bond acceptors (Lipinski definition) is 10. The molecular weight excluding hydrogens is 478 g/mol. The van der Waals surface area contributed by atoms with Crippen LogP contribution in [0.1, 0.15) is 27.8 Å². The van der Waals surface area contributed by atoms with Crippen molar-refractivity contribution in [3.05, 3.63) is 58.3 Å². The number of hydrogen-bond donors (Lipinski definition) is 0. The van der Waals surface area contributed by atoms with E-state index >= 15 is 0 Å². The molecule has 0 atom stereocenters. The molecule has 0 spiro atoms. The lowest BCUT2D eigenvalue weighted by Gasteiger charge is -2.12. The van der Waals surface area contributed by atoms with Gasteiger partial charge in [0.2, 0.25) is 11.6 Å². The Kier molecular flexibility index (Phi) is 6.87. The van der Waals surface area contributed by atoms with Gasteiger partial charge in [0.25, 0.3) is 5.89 Å². The molecule has 0 saturated carbocycles. The fraction of sp³-hybridized carbons (Fsp3) is 0.261. The first-order chi connectivity index (χ1) is 16.8. The van der Waals surface area contributed by atoms with Crippen molar-refractivity contribution in [1.29, 1.82) is 0 Å². The Hall–Kier alpha value is -4.12. The van der Waals surface area contributed by atoms with Crippen molar-refractivity contribution in [2.45, 2.75) is 20.5 Å². The van der Waals surface area contributed by atoms with Crippen LogP contribution < -0.4 is 14.2 Å². The number of aromatic nitrogens is 5. The predicted molar refractivity (Wildman–Crippen MR) is 124 cm³/mol. The van der Waals surface area contributed by atoms with Gasteiger partial charge in [0.15, 0.2) is 29.6 Å². The van der Waals surface area contributed by atoms with Gasteiger partial charge in [-0.2, -0.15) is 5.10 Å². The number of pyridine rings is 1. The zero-order valence-corrected chi connectivity index (χ0v) is 20.4. The van der Waals surface area contributed by atoms with Gasteiger partial charge in [0.05, 0.1) is 32.0 Å². The average molecular weight is 500 g/mol. The summed E-state index contributed by atoms with van der Waals surface area (Å²) in [4.78, 5) is 17.0. The first-order valence-corrected chi connectivity index (χ1v) is 10.7. The molecule has 0 unspecified atom stereocenters. The molecule has 0 bridgehead atoms. The highest BCUT2D eigenvalue weighted by molar-refractivity contribution is 6.33. The highest BCUT2D eigenvalue weighted by Crippen LogP contribution is 2.40. The van der Waals surface area contributed by atoms with Crippen LogP contribution in [0.15, 0.2) is 34.7 Å². The fourth-order valence-electron chi connectivity index (χ4n) is 3.38. The number of carbonyl (C=O) groups is 1. The Bertz CT molecular complexity index is 1360. The number of nitrogens with zero attached hydrogens (tertiary/aromatic N) is 5. The molecule has 4 aromatic rings. The largest absolute Gasteiger partial charge is 0.493 e. The Morgan fingerprint density at radius 3 is 2.34 bits per heavy atom. The summed E-state index contributed by atoms with van der Waals surface area (Å²) in [6.45, 7) is 3.47. The summed E-state index contributed by atoms with van der Waals surface area (Å²) in [6, 6.07) is 8.46. The van der Waals surface area contributed by atoms with Crippen molar-refractivity contribution >= 4 is 17.6 Å². The van der Waals surface area contributed by atoms with Gasteiger partial charge in [-0.25, -0.2) is 14.5 Å². The molecule has 12 heteroatoms. The lowest BCUT2D eigenvalue weighted by Crippen LogP contribution is -2.11. The van der Waals surface area contributed by atoms with E-state index in [4.69, 9.17) is 35.0 Å². The summed E-state index contributed by atoms with van der Waals surface area (Å²) < 4.78 is 28.6. The molecule has 3 aromatic heterocycles. The molecule has 11 nitrogen and oxygen atoms in total. The van der Waals surface area contributed by atoms with Crippen molar-refractivity contribution in [2.75, 3.05) is 21.3 Å². The van der Waals surface area contributed by atoms with E-state index in [1.165, 1.54) is 21.3 Å². The molecule has 1 aromatic carbocycles. The number of ether oxygens (including phenoxy) is 4. The smallest absolute Gasteiger partial charge is 0.359 e. The Balaban J connectivity index is 1.51. The van der Waals surface area contributed by atoms with Crippen LogP contribution in [0.5, 0.6) is 17.2 Å². The molecule has 0 radical (unpaired) electrons. The molecule has 0 aliphatic heterocycles. The van der Waals surface area contributed by atoms with E-state index in [-0.39, 0.29) is 29.1 Å². The standard InChI is InChI=1S/C23H22ClN5O6/c1-12-8-13(2)29(28-12)18-7-6-15(24)20(25-18)23(30)34-11-19-26-27-22(35-19)14-9-16(31-3)21(33-5)17(10-14)32-4/h6-10H,11H2,1-5H3. The predicted octanol–water partition coefficient (Wildman–Crippen LogP) is 3.97. The summed E-state index contributed by atoms with van der Waals surface area (Å²) in [5.74, 6) is 1.23. The molecule has 0 aliphatic rings. The van der Waals surface area contributed by atoms with Crippen LogP contribution in [0.3, 0.4) is 0 Å². The van der Waals surface area contributed by atoms with E-state index < -0.39 is 5.97 Å². The van der Waals surface area contributed by atoms with Crippen LogP contribution in [0.4, 0.5) is 0 Å². The lowest BCUT2D eigenvalue weighted by atomic mass is 10.2. The summed E-state index contributed by atoms with van der Waals surface area (Å²) >= 11 is 6.19. The second kappa shape index (κ2) is 10.0. The Labute approximate surface area is 205 Å². The molecule has 3 heterocycles. The maximum atomic E-state index is 12.7. The molecule has 35 heavy (non-hydrogen) atoms. The minimum absolute atomic E-state index is 0.0546. The van der Waals surface area contributed by atoms with E-state index in [0.29, 0.717) is 28.6 Å². The summed E-state index contributed by atoms with van der Waals surface area (Å²) in [6.07, 6.45) is 0. The van der Waals surface area contributed by atoms with Crippen molar-refractivity contribution in [2.24, 2.45) is 0 Å². The second-order valence-corrected chi connectivity index (χ2v) is 7.74. The van der Waals surface area contributed by atoms with Crippen LogP contribution in [0.25, 0.3) is 17.3 Å². The average Bonchev–Trinajstić information content (AvgIpc) is 3.47. The van der Waals surface area contributed by atoms with Gasteiger partial charge >= 0.3 is 5.97 Å². The van der Waals surface area contributed by atoms with E-state index in [1.807, 2.05) is 19.9 Å². The fourth-order valence-corrected chi connectivity index (χ4v) is 3.56. The van der Waals surface area contributed by atoms with Gasteiger partial charge in [-0.1, -0.05) is 11.6 Å². The molecule has 0 N–H and O–H groups in total. The zero-order chi connectivity index (χ0) is 25.1. The number of rotatable bonds is 8. The monoisotopic (exact) mass is 499 g/mol. The number of esters is 1. The number of methoxy groups -OCH3 is 3. The maximum absolute atomic E-state index is 12.7. The van der Waals surface area contributed by atoms with Gasteiger partial charge in [-0.15, -0.1) is 10.2 Å². The van der Waals surface area contributed by atoms with Crippen LogP contribution >= 0.6 is 11.6 Å². The van der Waals surface area contributed by atoms with E-state index in [2.05, 4.69) is 20.3 Å². The normalized spacial score (nSPS) is 10.8. The van der Waals surface area contributed by atoms with Crippen LogP contribution in [0.2, 0.25) is 5.02 Å². The van der Waals surface area contributed by atoms with E-state index in [1.54, 1.807) is 28.9 Å². The molecule has 182 valence electrons. The van der Waals surface area contributed by atoms with Crippen LogP contribution in [-0.2, 0) is 11.3 Å². The van der Waals surface area contributed by atoms with E-state index in [9.17, 15) is 4.79 Å². The highest BCUT2D eigenvalue weighted by Gasteiger charge is 2.20. The minimum atomic E-state index is -0.745. The quantitative estimate of drug-likeness (QED) is 0.329. The van der Waals surface area contributed by atoms with Gasteiger partial charge < -0.3 is 23.4 Å². The number of halogens is 1. The van der Waals surface area contributed by atoms with Crippen molar-refractivity contribution in [3.63, 3.8) is 0 Å². The lowest BCUT2D eigenvalue weighted by molar-refractivity contribution is 0.0432. The number of aryl methyl sites for hydroxylation is 2. The van der Waals surface area contributed by atoms with Gasteiger partial charge in [0, 0.05) is 11.3 Å². The first kappa shape index (κ1) is 24.0. The molecule has 0 saturated heterocycles. The van der Waals surface area contributed by atoms with Crippen molar-refractivity contribution in [3.8, 4) is 34.5 Å². The zero-order valence-electron chi connectivity index (χ0n) is 19.7. The van der Waals surface area contributed by atoms with Crippen molar-refractivity contribution < 1.29 is 28.2 Å². The second-order valence-electron chi connectivity index (χ2n) is 7.33. The van der Waals surface area contributed by atoms with Gasteiger partial charge in [-0.05, 0) is 44.2 Å². The number of benzene rings is 1. The third-order valence-corrected chi connectivity index (χ3v) is 5.26. The van der Waals surface area contributed by atoms with E-state index in [0.717, 1.165) is 11.4 Å². The van der Waals surface area contributed by atoms with Gasteiger partial charge in [0.1, 0.15) is 0 Å². The van der Waals surface area contributed by atoms with Crippen LogP contribution in [0, 0.1) is 13.8 Å². The molecule has 4 rings (SSSR count). The summed E-state index contributed by atoms with van der Waals surface area (Å²) in [5, 5.41) is 12.5.